The van der Waals surface area contributed by atoms with E-state index in [9.17, 15) is 0 Å². The molecule has 0 amide bonds. The van der Waals surface area contributed by atoms with Crippen LogP contribution >= 0.6 is 0 Å². The maximum Gasteiger partial charge on any atom is 0.0687 e. The molecule has 1 heteroatoms. The van der Waals surface area contributed by atoms with Gasteiger partial charge in [-0.15, -0.1) is 0 Å². The zero-order valence-electron chi connectivity index (χ0n) is 12.9. The van der Waals surface area contributed by atoms with E-state index in [1.165, 1.54) is 22.4 Å². The minimum Gasteiger partial charge on any atom is -0.257 e. The zero-order valence-corrected chi connectivity index (χ0v) is 12.9. The van der Waals surface area contributed by atoms with E-state index in [-0.39, 0.29) is 0 Å². The normalized spacial score (nSPS) is 11.9. The van der Waals surface area contributed by atoms with E-state index in [4.69, 9.17) is 4.99 Å². The van der Waals surface area contributed by atoms with Crippen molar-refractivity contribution >= 4 is 11.4 Å². The van der Waals surface area contributed by atoms with E-state index < -0.39 is 0 Å². The van der Waals surface area contributed by atoms with Gasteiger partial charge in [0, 0.05) is 12.1 Å². The Morgan fingerprint density at radius 2 is 1.50 bits per heavy atom. The molecule has 20 heavy (non-hydrogen) atoms. The largest absolute Gasteiger partial charge is 0.257 e. The molecule has 0 saturated carbocycles. The minimum atomic E-state index is 0.453. The van der Waals surface area contributed by atoms with Crippen molar-refractivity contribution in [3.05, 3.63) is 65.2 Å². The zero-order chi connectivity index (χ0) is 14.5. The molecule has 0 atom stereocenters. The Hall–Kier alpha value is -1.89. The second kappa shape index (κ2) is 6.51. The van der Waals surface area contributed by atoms with Gasteiger partial charge in [0.25, 0.3) is 0 Å². The van der Waals surface area contributed by atoms with Crippen molar-refractivity contribution in [2.24, 2.45) is 10.9 Å². The summed E-state index contributed by atoms with van der Waals surface area (Å²) >= 11 is 0. The molecule has 0 spiro atoms. The molecule has 0 aliphatic rings. The second-order valence-electron chi connectivity index (χ2n) is 5.66. The minimum absolute atomic E-state index is 0.453. The Balaban J connectivity index is 2.36. The van der Waals surface area contributed by atoms with Crippen LogP contribution in [0.15, 0.2) is 53.5 Å². The lowest BCUT2D eigenvalue weighted by molar-refractivity contribution is 0.862. The standard InChI is InChI=1S/C19H23N/c1-14(2)18(13-17-11-6-5-7-12-17)20-19-15(3)9-8-10-16(19)4/h5-12,14H,13H2,1-4H3. The lowest BCUT2D eigenvalue weighted by Gasteiger charge is -2.13. The van der Waals surface area contributed by atoms with Crippen molar-refractivity contribution in [1.29, 1.82) is 0 Å². The molecule has 2 aromatic carbocycles. The predicted octanol–water partition coefficient (Wildman–Crippen LogP) is 5.27. The second-order valence-corrected chi connectivity index (χ2v) is 5.66. The highest BCUT2D eigenvalue weighted by molar-refractivity contribution is 5.91. The summed E-state index contributed by atoms with van der Waals surface area (Å²) in [5, 5.41) is 0. The van der Waals surface area contributed by atoms with Gasteiger partial charge >= 0.3 is 0 Å². The van der Waals surface area contributed by atoms with E-state index in [2.05, 4.69) is 76.2 Å². The molecule has 0 aliphatic carbocycles. The molecular weight excluding hydrogens is 242 g/mol. The first-order valence-corrected chi connectivity index (χ1v) is 7.25. The molecule has 1 nitrogen and oxygen atoms in total. The molecule has 0 radical (unpaired) electrons. The highest BCUT2D eigenvalue weighted by Crippen LogP contribution is 2.24. The Bertz CT molecular complexity index is 574. The summed E-state index contributed by atoms with van der Waals surface area (Å²) in [5.74, 6) is 0.453. The van der Waals surface area contributed by atoms with Crippen molar-refractivity contribution in [3.8, 4) is 0 Å². The van der Waals surface area contributed by atoms with Gasteiger partial charge in [0.05, 0.1) is 5.69 Å². The number of hydrogen-bond acceptors (Lipinski definition) is 1. The van der Waals surface area contributed by atoms with E-state index >= 15 is 0 Å². The van der Waals surface area contributed by atoms with E-state index in [0.717, 1.165) is 12.1 Å². The average molecular weight is 265 g/mol. The third-order valence-electron chi connectivity index (χ3n) is 3.59. The fourth-order valence-corrected chi connectivity index (χ4v) is 2.30. The molecule has 0 aromatic heterocycles. The Morgan fingerprint density at radius 3 is 2.05 bits per heavy atom. The lowest BCUT2D eigenvalue weighted by Crippen LogP contribution is -2.11. The van der Waals surface area contributed by atoms with Crippen molar-refractivity contribution in [3.63, 3.8) is 0 Å². The van der Waals surface area contributed by atoms with Crippen molar-refractivity contribution < 1.29 is 0 Å². The van der Waals surface area contributed by atoms with Crippen LogP contribution in [0, 0.1) is 19.8 Å². The topological polar surface area (TPSA) is 12.4 Å². The first-order valence-electron chi connectivity index (χ1n) is 7.25. The number of benzene rings is 2. The van der Waals surface area contributed by atoms with Crippen LogP contribution in [0.3, 0.4) is 0 Å². The fourth-order valence-electron chi connectivity index (χ4n) is 2.30. The van der Waals surface area contributed by atoms with Gasteiger partial charge in [-0.05, 0) is 36.5 Å². The summed E-state index contributed by atoms with van der Waals surface area (Å²) in [7, 11) is 0. The SMILES string of the molecule is Cc1cccc(C)c1N=C(Cc1ccccc1)C(C)C. The van der Waals surface area contributed by atoms with Gasteiger partial charge in [0.2, 0.25) is 0 Å². The van der Waals surface area contributed by atoms with Crippen molar-refractivity contribution in [1.82, 2.24) is 0 Å². The van der Waals surface area contributed by atoms with Crippen LogP contribution in [0.1, 0.15) is 30.5 Å². The Labute approximate surface area is 122 Å². The third kappa shape index (κ3) is 3.57. The number of hydrogen-bond donors (Lipinski definition) is 0. The monoisotopic (exact) mass is 265 g/mol. The maximum atomic E-state index is 4.97. The number of aryl methyl sites for hydroxylation is 2. The van der Waals surface area contributed by atoms with Gasteiger partial charge in [-0.25, -0.2) is 0 Å². The molecule has 0 heterocycles. The smallest absolute Gasteiger partial charge is 0.0687 e. The maximum absolute atomic E-state index is 4.97. The number of para-hydroxylation sites is 1. The lowest BCUT2D eigenvalue weighted by atomic mass is 9.99. The Kier molecular flexibility index (Phi) is 4.73. The van der Waals surface area contributed by atoms with Crippen LogP contribution in [-0.4, -0.2) is 5.71 Å². The molecule has 0 bridgehead atoms. The van der Waals surface area contributed by atoms with Crippen LogP contribution in [-0.2, 0) is 6.42 Å². The van der Waals surface area contributed by atoms with Crippen LogP contribution in [0.5, 0.6) is 0 Å². The highest BCUT2D eigenvalue weighted by atomic mass is 14.8. The average Bonchev–Trinajstić information content (AvgIpc) is 2.42. The van der Waals surface area contributed by atoms with Gasteiger partial charge < -0.3 is 0 Å². The quantitative estimate of drug-likeness (QED) is 0.667. The molecule has 2 rings (SSSR count). The number of aliphatic imine (C=N–C) groups is 1. The molecule has 104 valence electrons. The molecule has 0 aliphatic heterocycles. The molecule has 0 saturated heterocycles. The molecule has 0 N–H and O–H groups in total. The first-order chi connectivity index (χ1) is 9.58. The predicted molar refractivity (Wildman–Crippen MR) is 88.0 cm³/mol. The summed E-state index contributed by atoms with van der Waals surface area (Å²) in [6.07, 6.45) is 0.923. The third-order valence-corrected chi connectivity index (χ3v) is 3.59. The molecule has 0 unspecified atom stereocenters. The summed E-state index contributed by atoms with van der Waals surface area (Å²) < 4.78 is 0. The number of rotatable bonds is 4. The van der Waals surface area contributed by atoms with Gasteiger partial charge in [0.15, 0.2) is 0 Å². The molecule has 0 fully saturated rings. The summed E-state index contributed by atoms with van der Waals surface area (Å²) in [5.41, 5.74) is 6.19. The Morgan fingerprint density at radius 1 is 0.900 bits per heavy atom. The molecule has 2 aromatic rings. The van der Waals surface area contributed by atoms with E-state index in [1.807, 2.05) is 0 Å². The molecular formula is C19H23N. The van der Waals surface area contributed by atoms with Crippen LogP contribution in [0.2, 0.25) is 0 Å². The van der Waals surface area contributed by atoms with E-state index in [1.54, 1.807) is 0 Å². The van der Waals surface area contributed by atoms with Gasteiger partial charge in [0.1, 0.15) is 0 Å². The summed E-state index contributed by atoms with van der Waals surface area (Å²) in [6, 6.07) is 16.9. The highest BCUT2D eigenvalue weighted by Gasteiger charge is 2.09. The van der Waals surface area contributed by atoms with Crippen LogP contribution in [0.25, 0.3) is 0 Å². The van der Waals surface area contributed by atoms with Crippen LogP contribution in [0.4, 0.5) is 5.69 Å². The fraction of sp³-hybridized carbons (Fsp3) is 0.316. The van der Waals surface area contributed by atoms with Gasteiger partial charge in [-0.2, -0.15) is 0 Å². The first kappa shape index (κ1) is 14.5. The van der Waals surface area contributed by atoms with Gasteiger partial charge in [-0.3, -0.25) is 4.99 Å². The summed E-state index contributed by atoms with van der Waals surface area (Å²) in [6.45, 7) is 8.70. The van der Waals surface area contributed by atoms with Crippen molar-refractivity contribution in [2.45, 2.75) is 34.1 Å². The van der Waals surface area contributed by atoms with Crippen molar-refractivity contribution in [2.75, 3.05) is 0 Å². The number of nitrogens with zero attached hydrogens (tertiary/aromatic N) is 1. The van der Waals surface area contributed by atoms with Crippen LogP contribution < -0.4 is 0 Å². The van der Waals surface area contributed by atoms with Gasteiger partial charge in [-0.1, -0.05) is 62.4 Å². The van der Waals surface area contributed by atoms with E-state index in [0.29, 0.717) is 5.92 Å². The summed E-state index contributed by atoms with van der Waals surface area (Å²) in [4.78, 5) is 4.97.